The summed E-state index contributed by atoms with van der Waals surface area (Å²) in [6.07, 6.45) is 0. The molecule has 0 bridgehead atoms. The molecule has 1 amide bonds. The molecule has 7 nitrogen and oxygen atoms in total. The SMILES string of the molecule is COC(=O)c1cccc(NC(=O)c2cc(C)nc(N(C)c3ccccc3)n2)c1. The number of methoxy groups -OCH3 is 1. The number of hydrogen-bond acceptors (Lipinski definition) is 6. The summed E-state index contributed by atoms with van der Waals surface area (Å²) in [5, 5.41) is 2.76. The quantitative estimate of drug-likeness (QED) is 0.685. The zero-order chi connectivity index (χ0) is 20.1. The van der Waals surface area contributed by atoms with Gasteiger partial charge in [-0.2, -0.15) is 0 Å². The molecule has 0 saturated carbocycles. The van der Waals surface area contributed by atoms with E-state index in [-0.39, 0.29) is 5.69 Å². The lowest BCUT2D eigenvalue weighted by molar-refractivity contribution is 0.0600. The van der Waals surface area contributed by atoms with E-state index in [1.54, 1.807) is 37.3 Å². The molecule has 0 aliphatic heterocycles. The molecule has 7 heteroatoms. The number of nitrogens with zero attached hydrogens (tertiary/aromatic N) is 3. The summed E-state index contributed by atoms with van der Waals surface area (Å²) in [6.45, 7) is 1.80. The fourth-order valence-electron chi connectivity index (χ4n) is 2.62. The van der Waals surface area contributed by atoms with Crippen LogP contribution in [0.25, 0.3) is 0 Å². The van der Waals surface area contributed by atoms with Gasteiger partial charge >= 0.3 is 5.97 Å². The first kappa shape index (κ1) is 19.0. The van der Waals surface area contributed by atoms with Gasteiger partial charge in [-0.1, -0.05) is 24.3 Å². The van der Waals surface area contributed by atoms with E-state index in [9.17, 15) is 9.59 Å². The second kappa shape index (κ2) is 8.30. The number of amides is 1. The van der Waals surface area contributed by atoms with Crippen molar-refractivity contribution in [3.05, 3.63) is 77.6 Å². The van der Waals surface area contributed by atoms with Gasteiger partial charge in [0.25, 0.3) is 5.91 Å². The summed E-state index contributed by atoms with van der Waals surface area (Å²) >= 11 is 0. The molecule has 0 unspecified atom stereocenters. The highest BCUT2D eigenvalue weighted by molar-refractivity contribution is 6.03. The molecule has 0 fully saturated rings. The summed E-state index contributed by atoms with van der Waals surface area (Å²) in [7, 11) is 3.15. The number of para-hydroxylation sites is 1. The Kier molecular flexibility index (Phi) is 5.64. The minimum Gasteiger partial charge on any atom is -0.465 e. The lowest BCUT2D eigenvalue weighted by Crippen LogP contribution is -2.19. The highest BCUT2D eigenvalue weighted by atomic mass is 16.5. The third-order valence-electron chi connectivity index (χ3n) is 4.06. The zero-order valence-electron chi connectivity index (χ0n) is 15.8. The molecule has 0 saturated heterocycles. The monoisotopic (exact) mass is 376 g/mol. The minimum atomic E-state index is -0.472. The first-order valence-corrected chi connectivity index (χ1v) is 8.62. The molecule has 28 heavy (non-hydrogen) atoms. The van der Waals surface area contributed by atoms with Crippen LogP contribution in [0.5, 0.6) is 0 Å². The number of carbonyl (C=O) groups excluding carboxylic acids is 2. The first-order chi connectivity index (χ1) is 13.5. The van der Waals surface area contributed by atoms with Crippen molar-refractivity contribution in [2.45, 2.75) is 6.92 Å². The van der Waals surface area contributed by atoms with Crippen LogP contribution < -0.4 is 10.2 Å². The third kappa shape index (κ3) is 4.32. The van der Waals surface area contributed by atoms with E-state index in [4.69, 9.17) is 4.74 Å². The molecule has 142 valence electrons. The van der Waals surface area contributed by atoms with Crippen LogP contribution in [0, 0.1) is 6.92 Å². The summed E-state index contributed by atoms with van der Waals surface area (Å²) in [6, 6.07) is 17.8. The topological polar surface area (TPSA) is 84.4 Å². The molecule has 1 aromatic heterocycles. The van der Waals surface area contributed by atoms with Gasteiger partial charge in [0.2, 0.25) is 5.95 Å². The van der Waals surface area contributed by atoms with Gasteiger partial charge in [-0.05, 0) is 43.3 Å². The Hall–Kier alpha value is -3.74. The fourth-order valence-corrected chi connectivity index (χ4v) is 2.62. The van der Waals surface area contributed by atoms with E-state index in [1.807, 2.05) is 42.3 Å². The van der Waals surface area contributed by atoms with Crippen molar-refractivity contribution in [3.8, 4) is 0 Å². The van der Waals surface area contributed by atoms with E-state index in [2.05, 4.69) is 15.3 Å². The predicted octanol–water partition coefficient (Wildman–Crippen LogP) is 3.59. The van der Waals surface area contributed by atoms with Crippen LogP contribution in [-0.2, 0) is 4.74 Å². The highest BCUT2D eigenvalue weighted by Crippen LogP contribution is 2.20. The van der Waals surface area contributed by atoms with E-state index in [1.165, 1.54) is 7.11 Å². The fraction of sp³-hybridized carbons (Fsp3) is 0.143. The number of nitrogens with one attached hydrogen (secondary N) is 1. The van der Waals surface area contributed by atoms with Crippen LogP contribution in [-0.4, -0.2) is 36.0 Å². The second-order valence-corrected chi connectivity index (χ2v) is 6.12. The molecule has 3 aromatic rings. The van der Waals surface area contributed by atoms with Gasteiger partial charge in [-0.3, -0.25) is 4.79 Å². The normalized spacial score (nSPS) is 10.2. The van der Waals surface area contributed by atoms with Crippen molar-refractivity contribution in [1.29, 1.82) is 0 Å². The molecule has 2 aromatic carbocycles. The summed E-state index contributed by atoms with van der Waals surface area (Å²) < 4.78 is 4.70. The van der Waals surface area contributed by atoms with E-state index < -0.39 is 11.9 Å². The van der Waals surface area contributed by atoms with Gasteiger partial charge < -0.3 is 15.0 Å². The van der Waals surface area contributed by atoms with Crippen LogP contribution in [0.4, 0.5) is 17.3 Å². The molecule has 1 N–H and O–H groups in total. The number of hydrogen-bond donors (Lipinski definition) is 1. The number of ether oxygens (including phenoxy) is 1. The second-order valence-electron chi connectivity index (χ2n) is 6.12. The van der Waals surface area contributed by atoms with Crippen molar-refractivity contribution in [3.63, 3.8) is 0 Å². The Morgan fingerprint density at radius 3 is 2.46 bits per heavy atom. The molecule has 0 spiro atoms. The van der Waals surface area contributed by atoms with Crippen molar-refractivity contribution in [1.82, 2.24) is 9.97 Å². The standard InChI is InChI=1S/C21H20N4O3/c1-14-12-18(24-21(22-14)25(2)17-10-5-4-6-11-17)19(26)23-16-9-7-8-15(13-16)20(27)28-3/h4-13H,1-3H3,(H,23,26). The van der Waals surface area contributed by atoms with Crippen LogP contribution in [0.1, 0.15) is 26.5 Å². The molecule has 0 atom stereocenters. The van der Waals surface area contributed by atoms with E-state index in [0.29, 0.717) is 22.9 Å². The van der Waals surface area contributed by atoms with Gasteiger partial charge in [0.1, 0.15) is 5.69 Å². The van der Waals surface area contributed by atoms with Crippen molar-refractivity contribution in [2.75, 3.05) is 24.4 Å². The number of rotatable bonds is 5. The Morgan fingerprint density at radius 1 is 1.00 bits per heavy atom. The maximum atomic E-state index is 12.7. The number of aromatic nitrogens is 2. The van der Waals surface area contributed by atoms with E-state index >= 15 is 0 Å². The third-order valence-corrected chi connectivity index (χ3v) is 4.06. The van der Waals surface area contributed by atoms with Gasteiger partial charge in [0.15, 0.2) is 0 Å². The van der Waals surface area contributed by atoms with Crippen molar-refractivity contribution < 1.29 is 14.3 Å². The molecular formula is C21H20N4O3. The number of aryl methyl sites for hydroxylation is 1. The number of anilines is 3. The molecule has 1 heterocycles. The Balaban J connectivity index is 1.85. The van der Waals surface area contributed by atoms with Gasteiger partial charge in [0, 0.05) is 24.1 Å². The Bertz CT molecular complexity index is 1010. The van der Waals surface area contributed by atoms with Gasteiger partial charge in [-0.25, -0.2) is 14.8 Å². The number of benzene rings is 2. The van der Waals surface area contributed by atoms with Crippen molar-refractivity contribution in [2.24, 2.45) is 0 Å². The predicted molar refractivity (Wildman–Crippen MR) is 107 cm³/mol. The number of esters is 1. The highest BCUT2D eigenvalue weighted by Gasteiger charge is 2.15. The van der Waals surface area contributed by atoms with Gasteiger partial charge in [0.05, 0.1) is 12.7 Å². The molecule has 0 radical (unpaired) electrons. The average Bonchev–Trinajstić information content (AvgIpc) is 2.73. The Labute approximate surface area is 163 Å². The minimum absolute atomic E-state index is 0.230. The van der Waals surface area contributed by atoms with Crippen LogP contribution >= 0.6 is 0 Å². The lowest BCUT2D eigenvalue weighted by atomic mass is 10.2. The van der Waals surface area contributed by atoms with Gasteiger partial charge in [-0.15, -0.1) is 0 Å². The lowest BCUT2D eigenvalue weighted by Gasteiger charge is -2.18. The summed E-state index contributed by atoms with van der Waals surface area (Å²) in [5.74, 6) is -0.448. The number of carbonyl (C=O) groups is 2. The molecular weight excluding hydrogens is 356 g/mol. The smallest absolute Gasteiger partial charge is 0.337 e. The molecule has 0 aliphatic carbocycles. The van der Waals surface area contributed by atoms with Crippen LogP contribution in [0.3, 0.4) is 0 Å². The largest absolute Gasteiger partial charge is 0.465 e. The average molecular weight is 376 g/mol. The zero-order valence-corrected chi connectivity index (χ0v) is 15.8. The maximum absolute atomic E-state index is 12.7. The van der Waals surface area contributed by atoms with Crippen LogP contribution in [0.2, 0.25) is 0 Å². The Morgan fingerprint density at radius 2 is 1.75 bits per heavy atom. The maximum Gasteiger partial charge on any atom is 0.337 e. The summed E-state index contributed by atoms with van der Waals surface area (Å²) in [4.78, 5) is 35.0. The van der Waals surface area contributed by atoms with Crippen molar-refractivity contribution >= 4 is 29.2 Å². The summed E-state index contributed by atoms with van der Waals surface area (Å²) in [5.41, 5.74) is 2.63. The van der Waals surface area contributed by atoms with E-state index in [0.717, 1.165) is 5.69 Å². The first-order valence-electron chi connectivity index (χ1n) is 8.62. The van der Waals surface area contributed by atoms with Crippen LogP contribution in [0.15, 0.2) is 60.7 Å². The molecule has 3 rings (SSSR count). The molecule has 0 aliphatic rings.